The number of rotatable bonds is 0. The average Bonchev–Trinajstić information content (AvgIpc) is 2.34. The summed E-state index contributed by atoms with van der Waals surface area (Å²) in [6.07, 6.45) is 0.678. The zero-order valence-corrected chi connectivity index (χ0v) is 5.14. The molecule has 4 heteroatoms. The lowest BCUT2D eigenvalue weighted by Crippen LogP contribution is -2.30. The van der Waals surface area contributed by atoms with Gasteiger partial charge in [0.25, 0.3) is 0 Å². The Bertz CT molecular complexity index is 284. The van der Waals surface area contributed by atoms with Crippen LogP contribution in [0.4, 0.5) is 0 Å². The van der Waals surface area contributed by atoms with Gasteiger partial charge in [-0.15, -0.1) is 4.68 Å². The van der Waals surface area contributed by atoms with Gasteiger partial charge in [0.1, 0.15) is 11.4 Å². The fraction of sp³-hybridized carbons (Fsp3) is 0.167. The normalized spacial score (nSPS) is 21.1. The van der Waals surface area contributed by atoms with Crippen LogP contribution in [0, 0.1) is 0 Å². The van der Waals surface area contributed by atoms with E-state index in [1.54, 1.807) is 24.4 Å². The van der Waals surface area contributed by atoms with E-state index in [1.807, 2.05) is 0 Å². The van der Waals surface area contributed by atoms with E-state index in [-0.39, 0.29) is 0 Å². The van der Waals surface area contributed by atoms with Crippen LogP contribution in [0.3, 0.4) is 0 Å². The summed E-state index contributed by atoms with van der Waals surface area (Å²) in [6.45, 7) is 0. The fourth-order valence-corrected chi connectivity index (χ4v) is 0.886. The van der Waals surface area contributed by atoms with Gasteiger partial charge in [-0.3, -0.25) is 0 Å². The highest BCUT2D eigenvalue weighted by atomic mass is 16.3. The maximum atomic E-state index is 10.9. The SMILES string of the molecule is [O-]C1N=N[n+]2ccccc21. The van der Waals surface area contributed by atoms with Crippen molar-refractivity contribution in [2.24, 2.45) is 10.3 Å². The Balaban J connectivity index is 2.59. The quantitative estimate of drug-likeness (QED) is 0.445. The molecule has 0 saturated carbocycles. The Morgan fingerprint density at radius 2 is 2.40 bits per heavy atom. The van der Waals surface area contributed by atoms with Crippen LogP contribution < -0.4 is 9.78 Å². The Hall–Kier alpha value is -1.29. The van der Waals surface area contributed by atoms with Crippen LogP contribution in [-0.4, -0.2) is 0 Å². The van der Waals surface area contributed by atoms with Crippen molar-refractivity contribution in [1.29, 1.82) is 0 Å². The van der Waals surface area contributed by atoms with Gasteiger partial charge >= 0.3 is 0 Å². The van der Waals surface area contributed by atoms with Crippen molar-refractivity contribution < 1.29 is 9.78 Å². The third-order valence-corrected chi connectivity index (χ3v) is 1.38. The molecule has 4 nitrogen and oxygen atoms in total. The molecule has 1 aromatic heterocycles. The molecule has 1 aromatic rings. The minimum absolute atomic E-state index is 0.600. The van der Waals surface area contributed by atoms with Crippen LogP contribution in [0.15, 0.2) is 34.7 Å². The van der Waals surface area contributed by atoms with Crippen molar-refractivity contribution in [1.82, 2.24) is 0 Å². The first-order valence-corrected chi connectivity index (χ1v) is 2.95. The van der Waals surface area contributed by atoms with E-state index >= 15 is 0 Å². The van der Waals surface area contributed by atoms with E-state index in [4.69, 9.17) is 0 Å². The summed E-state index contributed by atoms with van der Waals surface area (Å²) in [6, 6.07) is 5.32. The molecule has 0 saturated heterocycles. The fourth-order valence-electron chi connectivity index (χ4n) is 0.886. The molecule has 0 radical (unpaired) electrons. The van der Waals surface area contributed by atoms with Gasteiger partial charge in [0.2, 0.25) is 0 Å². The van der Waals surface area contributed by atoms with Crippen molar-refractivity contribution in [2.75, 3.05) is 0 Å². The van der Waals surface area contributed by atoms with Gasteiger partial charge in [-0.2, -0.15) is 0 Å². The predicted octanol–water partition coefficient (Wildman–Crippen LogP) is -0.438. The van der Waals surface area contributed by atoms with Crippen molar-refractivity contribution >= 4 is 0 Å². The van der Waals surface area contributed by atoms with Gasteiger partial charge in [0.05, 0.1) is 0 Å². The van der Waals surface area contributed by atoms with Crippen molar-refractivity contribution in [2.45, 2.75) is 6.23 Å². The van der Waals surface area contributed by atoms with Crippen LogP contribution in [0.5, 0.6) is 0 Å². The second-order valence-corrected chi connectivity index (χ2v) is 2.03. The third kappa shape index (κ3) is 0.625. The largest absolute Gasteiger partial charge is 0.806 e. The summed E-state index contributed by atoms with van der Waals surface area (Å²) in [5, 5.41) is 17.9. The molecular formula is C6H5N3O. The van der Waals surface area contributed by atoms with Gasteiger partial charge in [0, 0.05) is 5.11 Å². The first-order chi connectivity index (χ1) is 4.88. The molecular weight excluding hydrogens is 130 g/mol. The lowest BCUT2D eigenvalue weighted by atomic mass is 10.3. The first-order valence-electron chi connectivity index (χ1n) is 2.95. The molecule has 0 amide bonds. The molecule has 1 unspecified atom stereocenters. The number of hydrogen-bond donors (Lipinski definition) is 0. The molecule has 0 bridgehead atoms. The van der Waals surface area contributed by atoms with Crippen molar-refractivity contribution in [3.05, 3.63) is 30.1 Å². The lowest BCUT2D eigenvalue weighted by Gasteiger charge is -1.99. The van der Waals surface area contributed by atoms with Gasteiger partial charge in [0.15, 0.2) is 11.9 Å². The van der Waals surface area contributed by atoms with Crippen LogP contribution in [-0.2, 0) is 0 Å². The molecule has 1 aliphatic rings. The van der Waals surface area contributed by atoms with E-state index in [0.717, 1.165) is 0 Å². The topological polar surface area (TPSA) is 51.7 Å². The Morgan fingerprint density at radius 1 is 1.50 bits per heavy atom. The van der Waals surface area contributed by atoms with Gasteiger partial charge in [-0.25, -0.2) is 0 Å². The molecule has 2 heterocycles. The summed E-state index contributed by atoms with van der Waals surface area (Å²) in [7, 11) is 0. The van der Waals surface area contributed by atoms with E-state index in [0.29, 0.717) is 5.69 Å². The molecule has 0 N–H and O–H groups in total. The number of nitrogens with zero attached hydrogens (tertiary/aromatic N) is 3. The third-order valence-electron chi connectivity index (χ3n) is 1.38. The maximum Gasteiger partial charge on any atom is 0.168 e. The standard InChI is InChI=1S/C6H5N3O/c10-6-5-3-1-2-4-9(5)8-7-6/h1-4,6H. The zero-order valence-electron chi connectivity index (χ0n) is 5.14. The molecule has 2 rings (SSSR count). The van der Waals surface area contributed by atoms with Gasteiger partial charge in [-0.1, -0.05) is 6.07 Å². The molecule has 10 heavy (non-hydrogen) atoms. The summed E-state index contributed by atoms with van der Waals surface area (Å²) in [5.74, 6) is 0. The average molecular weight is 135 g/mol. The lowest BCUT2D eigenvalue weighted by molar-refractivity contribution is -0.689. The van der Waals surface area contributed by atoms with E-state index in [2.05, 4.69) is 10.3 Å². The van der Waals surface area contributed by atoms with Crippen LogP contribution in [0.1, 0.15) is 11.9 Å². The maximum absolute atomic E-state index is 10.9. The number of aromatic nitrogens is 1. The second kappa shape index (κ2) is 1.85. The smallest absolute Gasteiger partial charge is 0.168 e. The molecule has 0 aliphatic carbocycles. The van der Waals surface area contributed by atoms with Crippen LogP contribution in [0.25, 0.3) is 0 Å². The number of hydrogen-bond acceptors (Lipinski definition) is 3. The first kappa shape index (κ1) is 5.49. The molecule has 0 spiro atoms. The molecule has 1 atom stereocenters. The van der Waals surface area contributed by atoms with Gasteiger partial charge < -0.3 is 5.11 Å². The summed E-state index contributed by atoms with van der Waals surface area (Å²) in [5.41, 5.74) is 0.600. The van der Waals surface area contributed by atoms with E-state index < -0.39 is 6.23 Å². The molecule has 50 valence electrons. The Labute approximate surface area is 57.4 Å². The summed E-state index contributed by atoms with van der Waals surface area (Å²) < 4.78 is 1.48. The van der Waals surface area contributed by atoms with Crippen molar-refractivity contribution in [3.63, 3.8) is 0 Å². The summed E-state index contributed by atoms with van der Waals surface area (Å²) in [4.78, 5) is 0. The zero-order chi connectivity index (χ0) is 6.97. The molecule has 0 aromatic carbocycles. The molecule has 0 fully saturated rings. The van der Waals surface area contributed by atoms with E-state index in [9.17, 15) is 5.11 Å². The highest BCUT2D eigenvalue weighted by Crippen LogP contribution is 2.09. The highest BCUT2D eigenvalue weighted by Gasteiger charge is 2.18. The monoisotopic (exact) mass is 135 g/mol. The number of pyridine rings is 1. The van der Waals surface area contributed by atoms with E-state index in [1.165, 1.54) is 4.68 Å². The summed E-state index contributed by atoms with van der Waals surface area (Å²) >= 11 is 0. The molecule has 1 aliphatic heterocycles. The van der Waals surface area contributed by atoms with Crippen LogP contribution in [0.2, 0.25) is 0 Å². The number of fused-ring (bicyclic) bond motifs is 1. The second-order valence-electron chi connectivity index (χ2n) is 2.03. The predicted molar refractivity (Wildman–Crippen MR) is 29.6 cm³/mol. The Morgan fingerprint density at radius 3 is 3.20 bits per heavy atom. The highest BCUT2D eigenvalue weighted by molar-refractivity contribution is 4.99. The van der Waals surface area contributed by atoms with Gasteiger partial charge in [-0.05, 0) is 12.1 Å². The Kier molecular flexibility index (Phi) is 1.01. The minimum Gasteiger partial charge on any atom is -0.806 e. The minimum atomic E-state index is -1.03. The van der Waals surface area contributed by atoms with Crippen LogP contribution >= 0.6 is 0 Å². The van der Waals surface area contributed by atoms with Crippen molar-refractivity contribution in [3.8, 4) is 0 Å².